The number of hydrogen-bond acceptors (Lipinski definition) is 3. The Morgan fingerprint density at radius 2 is 1.43 bits per heavy atom. The van der Waals surface area contributed by atoms with Gasteiger partial charge in [0.1, 0.15) is 0 Å². The molecule has 0 rings (SSSR count). The van der Waals surface area contributed by atoms with Gasteiger partial charge in [0.15, 0.2) is 9.84 Å². The van der Waals surface area contributed by atoms with Gasteiger partial charge in [-0.15, -0.1) is 0 Å². The van der Waals surface area contributed by atoms with Crippen LogP contribution in [0.2, 0.25) is 0 Å². The Kier molecular flexibility index (Phi) is 5.09. The minimum Gasteiger partial charge on any atom is -0.327 e. The fraction of sp³-hybridized carbons (Fsp3) is 1.00. The summed E-state index contributed by atoms with van der Waals surface area (Å²) in [6.45, 7) is 9.49. The van der Waals surface area contributed by atoms with E-state index < -0.39 is 9.84 Å². The van der Waals surface area contributed by atoms with E-state index in [2.05, 4.69) is 0 Å². The summed E-state index contributed by atoms with van der Waals surface area (Å²) in [5.74, 6) is 0.466. The second-order valence-corrected chi connectivity index (χ2v) is 7.09. The van der Waals surface area contributed by atoms with Gasteiger partial charge in [0.25, 0.3) is 0 Å². The second-order valence-electron chi connectivity index (χ2n) is 4.69. The van der Waals surface area contributed by atoms with Crippen molar-refractivity contribution in [3.8, 4) is 0 Å². The van der Waals surface area contributed by atoms with Crippen molar-refractivity contribution in [1.29, 1.82) is 0 Å². The van der Waals surface area contributed by atoms with Crippen LogP contribution in [0.4, 0.5) is 0 Å². The van der Waals surface area contributed by atoms with Crippen LogP contribution in [0.1, 0.15) is 34.6 Å². The van der Waals surface area contributed by atoms with Crippen LogP contribution in [0.15, 0.2) is 0 Å². The number of rotatable bonds is 5. The van der Waals surface area contributed by atoms with Gasteiger partial charge in [-0.3, -0.25) is 0 Å². The van der Waals surface area contributed by atoms with Gasteiger partial charge in [0.2, 0.25) is 0 Å². The Labute approximate surface area is 88.0 Å². The Morgan fingerprint density at radius 1 is 1.00 bits per heavy atom. The van der Waals surface area contributed by atoms with Crippen LogP contribution in [0.5, 0.6) is 0 Å². The quantitative estimate of drug-likeness (QED) is 0.764. The number of nitrogens with two attached hydrogens (primary N) is 1. The molecule has 4 heteroatoms. The van der Waals surface area contributed by atoms with Gasteiger partial charge in [0, 0.05) is 6.04 Å². The highest BCUT2D eigenvalue weighted by atomic mass is 32.2. The predicted octanol–water partition coefficient (Wildman–Crippen LogP) is 1.43. The van der Waals surface area contributed by atoms with Gasteiger partial charge in [-0.05, 0) is 18.8 Å². The van der Waals surface area contributed by atoms with Crippen molar-refractivity contribution in [2.45, 2.75) is 45.9 Å². The molecule has 0 saturated heterocycles. The third-order valence-corrected chi connectivity index (χ3v) is 5.31. The van der Waals surface area contributed by atoms with Gasteiger partial charge < -0.3 is 5.73 Å². The van der Waals surface area contributed by atoms with Crippen molar-refractivity contribution in [3.63, 3.8) is 0 Å². The zero-order chi connectivity index (χ0) is 11.5. The van der Waals surface area contributed by atoms with Crippen molar-refractivity contribution in [3.05, 3.63) is 0 Å². The van der Waals surface area contributed by atoms with E-state index in [9.17, 15) is 8.42 Å². The first-order valence-corrected chi connectivity index (χ1v) is 6.87. The molecule has 0 aromatic rings. The first-order valence-electron chi connectivity index (χ1n) is 5.15. The number of hydrogen-bond donors (Lipinski definition) is 1. The minimum atomic E-state index is -3.03. The van der Waals surface area contributed by atoms with Gasteiger partial charge in [-0.2, -0.15) is 0 Å². The molecule has 2 N–H and O–H groups in total. The van der Waals surface area contributed by atoms with Gasteiger partial charge in [0.05, 0.1) is 11.0 Å². The zero-order valence-electron chi connectivity index (χ0n) is 9.82. The molecule has 86 valence electrons. The molecule has 0 aromatic carbocycles. The molecular formula is C10H23NO2S. The van der Waals surface area contributed by atoms with E-state index in [0.717, 1.165) is 0 Å². The Balaban J connectivity index is 4.50. The molecule has 14 heavy (non-hydrogen) atoms. The van der Waals surface area contributed by atoms with Crippen LogP contribution in [0.25, 0.3) is 0 Å². The number of sulfone groups is 1. The maximum atomic E-state index is 11.8. The summed E-state index contributed by atoms with van der Waals surface area (Å²) in [4.78, 5) is 0. The molecule has 0 heterocycles. The fourth-order valence-corrected chi connectivity index (χ4v) is 3.08. The van der Waals surface area contributed by atoms with Crippen molar-refractivity contribution in [1.82, 2.24) is 0 Å². The van der Waals surface area contributed by atoms with Gasteiger partial charge >= 0.3 is 0 Å². The van der Waals surface area contributed by atoms with Gasteiger partial charge in [-0.1, -0.05) is 27.7 Å². The predicted molar refractivity (Wildman–Crippen MR) is 60.9 cm³/mol. The second kappa shape index (κ2) is 5.12. The smallest absolute Gasteiger partial charge is 0.154 e. The van der Waals surface area contributed by atoms with Crippen LogP contribution >= 0.6 is 0 Å². The summed E-state index contributed by atoms with van der Waals surface area (Å²) in [5.41, 5.74) is 5.76. The topological polar surface area (TPSA) is 60.2 Å². The Morgan fingerprint density at radius 3 is 1.71 bits per heavy atom. The lowest BCUT2D eigenvalue weighted by Crippen LogP contribution is -2.38. The van der Waals surface area contributed by atoms with E-state index in [1.54, 1.807) is 6.92 Å². The molecule has 0 amide bonds. The molecule has 3 nitrogen and oxygen atoms in total. The molecular weight excluding hydrogens is 198 g/mol. The third kappa shape index (κ3) is 3.96. The molecule has 0 aliphatic carbocycles. The molecule has 0 bridgehead atoms. The highest BCUT2D eigenvalue weighted by Gasteiger charge is 2.26. The molecule has 2 unspecified atom stereocenters. The fourth-order valence-electron chi connectivity index (χ4n) is 1.03. The van der Waals surface area contributed by atoms with Crippen LogP contribution in [-0.4, -0.2) is 25.5 Å². The first kappa shape index (κ1) is 13.9. The molecule has 0 spiro atoms. The summed E-state index contributed by atoms with van der Waals surface area (Å²) in [7, 11) is -3.03. The van der Waals surface area contributed by atoms with Crippen LogP contribution < -0.4 is 5.73 Å². The van der Waals surface area contributed by atoms with Crippen molar-refractivity contribution < 1.29 is 8.42 Å². The third-order valence-electron chi connectivity index (χ3n) is 2.79. The molecule has 0 saturated carbocycles. The summed E-state index contributed by atoms with van der Waals surface area (Å²) in [6, 6.07) is -0.249. The lowest BCUT2D eigenvalue weighted by molar-refractivity contribution is 0.501. The standard InChI is InChI=1S/C10H23NO2S/c1-7(2)9(5)14(12,13)6-10(11)8(3)4/h7-10H,6,11H2,1-5H3. The van der Waals surface area contributed by atoms with Crippen LogP contribution in [0, 0.1) is 11.8 Å². The molecule has 0 fully saturated rings. The van der Waals surface area contributed by atoms with Crippen LogP contribution in [-0.2, 0) is 9.84 Å². The summed E-state index contributed by atoms with van der Waals surface area (Å²) < 4.78 is 23.6. The normalized spacial score (nSPS) is 17.4. The molecule has 0 aromatic heterocycles. The van der Waals surface area contributed by atoms with E-state index >= 15 is 0 Å². The summed E-state index contributed by atoms with van der Waals surface area (Å²) in [5, 5.41) is -0.299. The molecule has 2 atom stereocenters. The monoisotopic (exact) mass is 221 g/mol. The van der Waals surface area contributed by atoms with Gasteiger partial charge in [-0.25, -0.2) is 8.42 Å². The highest BCUT2D eigenvalue weighted by Crippen LogP contribution is 2.14. The maximum absolute atomic E-state index is 11.8. The SMILES string of the molecule is CC(C)C(N)CS(=O)(=O)C(C)C(C)C. The average Bonchev–Trinajstić information content (AvgIpc) is 2.01. The molecule has 0 aliphatic rings. The van der Waals surface area contributed by atoms with Crippen molar-refractivity contribution >= 4 is 9.84 Å². The van der Waals surface area contributed by atoms with E-state index in [1.807, 2.05) is 27.7 Å². The van der Waals surface area contributed by atoms with Crippen molar-refractivity contribution in [2.75, 3.05) is 5.75 Å². The van der Waals surface area contributed by atoms with E-state index in [0.29, 0.717) is 0 Å². The summed E-state index contributed by atoms with van der Waals surface area (Å²) in [6.07, 6.45) is 0. The lowest BCUT2D eigenvalue weighted by Gasteiger charge is -2.21. The largest absolute Gasteiger partial charge is 0.327 e. The first-order chi connectivity index (χ1) is 6.18. The van der Waals surface area contributed by atoms with Crippen molar-refractivity contribution in [2.24, 2.45) is 17.6 Å². The van der Waals surface area contributed by atoms with E-state index in [4.69, 9.17) is 5.73 Å². The Bertz CT molecular complexity index is 257. The maximum Gasteiger partial charge on any atom is 0.154 e. The van der Waals surface area contributed by atoms with Crippen LogP contribution in [0.3, 0.4) is 0 Å². The Hall–Kier alpha value is -0.0900. The zero-order valence-corrected chi connectivity index (χ0v) is 10.6. The van der Waals surface area contributed by atoms with E-state index in [-0.39, 0.29) is 28.9 Å². The highest BCUT2D eigenvalue weighted by molar-refractivity contribution is 7.92. The van der Waals surface area contributed by atoms with E-state index in [1.165, 1.54) is 0 Å². The lowest BCUT2D eigenvalue weighted by atomic mass is 10.1. The summed E-state index contributed by atoms with van der Waals surface area (Å²) >= 11 is 0. The molecule has 0 aliphatic heterocycles. The minimum absolute atomic E-state index is 0.101. The average molecular weight is 221 g/mol. The molecule has 0 radical (unpaired) electrons.